The van der Waals surface area contributed by atoms with Gasteiger partial charge in [-0.15, -0.1) is 0 Å². The van der Waals surface area contributed by atoms with Crippen molar-refractivity contribution in [3.63, 3.8) is 0 Å². The summed E-state index contributed by atoms with van der Waals surface area (Å²) >= 11 is 0. The van der Waals surface area contributed by atoms with Crippen molar-refractivity contribution < 1.29 is 18.8 Å². The minimum atomic E-state index is -0.609. The van der Waals surface area contributed by atoms with Crippen LogP contribution >= 0.6 is 0 Å². The molecule has 11 nitrogen and oxygen atoms in total. The highest BCUT2D eigenvalue weighted by molar-refractivity contribution is 6.14. The van der Waals surface area contributed by atoms with Crippen LogP contribution in [0.1, 0.15) is 40.4 Å². The number of amides is 1. The van der Waals surface area contributed by atoms with E-state index in [2.05, 4.69) is 25.7 Å². The predicted molar refractivity (Wildman–Crippen MR) is 111 cm³/mol. The van der Waals surface area contributed by atoms with Crippen molar-refractivity contribution in [3.05, 3.63) is 41.6 Å². The van der Waals surface area contributed by atoms with E-state index in [1.165, 1.54) is 0 Å². The Morgan fingerprint density at radius 3 is 2.74 bits per heavy atom. The summed E-state index contributed by atoms with van der Waals surface area (Å²) in [5.74, 6) is -1.06. The third-order valence-corrected chi connectivity index (χ3v) is 4.67. The zero-order valence-corrected chi connectivity index (χ0v) is 17.5. The van der Waals surface area contributed by atoms with E-state index < -0.39 is 11.9 Å². The maximum atomic E-state index is 13.3. The smallest absolute Gasteiger partial charge is 0.361 e. The predicted octanol–water partition coefficient (Wildman–Crippen LogP) is 2.58. The number of hydrogen-bond donors (Lipinski definition) is 1. The first kappa shape index (κ1) is 20.3. The molecule has 0 saturated carbocycles. The lowest BCUT2D eigenvalue weighted by molar-refractivity contribution is 0.0519. The number of carbonyl (C=O) groups is 2. The average molecular weight is 423 g/mol. The molecule has 1 amide bonds. The van der Waals surface area contributed by atoms with Gasteiger partial charge in [0.05, 0.1) is 40.8 Å². The standard InChI is InChI=1S/C20H21N7O4/c1-5-27-10-15(17(24-27)20(29)30-6-2)22-18(28)13-7-14(12-8-21-26(4)9-12)23-19-16(13)11(3)25-31-19/h7-10H,5-6H2,1-4H3,(H,22,28). The second kappa shape index (κ2) is 8.01. The van der Waals surface area contributed by atoms with E-state index in [4.69, 9.17) is 9.26 Å². The number of aryl methyl sites for hydroxylation is 3. The fourth-order valence-corrected chi connectivity index (χ4v) is 3.19. The molecule has 0 unspecified atom stereocenters. The number of fused-ring (bicyclic) bond motifs is 1. The van der Waals surface area contributed by atoms with Crippen molar-refractivity contribution in [1.29, 1.82) is 0 Å². The topological polar surface area (TPSA) is 130 Å². The number of nitrogens with one attached hydrogen (secondary N) is 1. The van der Waals surface area contributed by atoms with E-state index >= 15 is 0 Å². The Labute approximate surface area is 177 Å². The molecule has 4 heterocycles. The highest BCUT2D eigenvalue weighted by Gasteiger charge is 2.24. The van der Waals surface area contributed by atoms with Gasteiger partial charge in [-0.2, -0.15) is 10.2 Å². The van der Waals surface area contributed by atoms with Crippen molar-refractivity contribution >= 4 is 28.7 Å². The van der Waals surface area contributed by atoms with Crippen molar-refractivity contribution in [2.45, 2.75) is 27.3 Å². The zero-order valence-electron chi connectivity index (χ0n) is 17.5. The third kappa shape index (κ3) is 3.77. The third-order valence-electron chi connectivity index (χ3n) is 4.67. The lowest BCUT2D eigenvalue weighted by atomic mass is 10.1. The molecule has 4 aromatic rings. The van der Waals surface area contributed by atoms with Gasteiger partial charge in [0, 0.05) is 31.5 Å². The highest BCUT2D eigenvalue weighted by atomic mass is 16.5. The molecule has 0 aromatic carbocycles. The highest BCUT2D eigenvalue weighted by Crippen LogP contribution is 2.28. The summed E-state index contributed by atoms with van der Waals surface area (Å²) in [7, 11) is 1.79. The molecule has 0 bridgehead atoms. The van der Waals surface area contributed by atoms with Crippen LogP contribution in [0.15, 0.2) is 29.2 Å². The van der Waals surface area contributed by atoms with Crippen LogP contribution in [0.2, 0.25) is 0 Å². The molecule has 4 rings (SSSR count). The fraction of sp³-hybridized carbons (Fsp3) is 0.300. The fourth-order valence-electron chi connectivity index (χ4n) is 3.19. The van der Waals surface area contributed by atoms with Gasteiger partial charge in [-0.05, 0) is 26.8 Å². The number of rotatable bonds is 6. The van der Waals surface area contributed by atoms with Crippen LogP contribution in [0.5, 0.6) is 0 Å². The molecule has 1 N–H and O–H groups in total. The van der Waals surface area contributed by atoms with E-state index in [1.54, 1.807) is 54.9 Å². The number of aromatic nitrogens is 6. The van der Waals surface area contributed by atoms with E-state index in [1.807, 2.05) is 6.92 Å². The molecule has 0 aliphatic carbocycles. The van der Waals surface area contributed by atoms with Crippen LogP contribution in [0.25, 0.3) is 22.4 Å². The summed E-state index contributed by atoms with van der Waals surface area (Å²) in [4.78, 5) is 30.0. The molecule has 0 radical (unpaired) electrons. The average Bonchev–Trinajstić information content (AvgIpc) is 3.46. The van der Waals surface area contributed by atoms with E-state index in [0.717, 1.165) is 5.56 Å². The van der Waals surface area contributed by atoms with Crippen LogP contribution < -0.4 is 5.32 Å². The normalized spacial score (nSPS) is 11.1. The van der Waals surface area contributed by atoms with Gasteiger partial charge in [-0.1, -0.05) is 5.16 Å². The Bertz CT molecular complexity index is 1280. The second-order valence-corrected chi connectivity index (χ2v) is 6.83. The van der Waals surface area contributed by atoms with Crippen molar-refractivity contribution in [3.8, 4) is 11.3 Å². The summed E-state index contributed by atoms with van der Waals surface area (Å²) in [6, 6.07) is 1.65. The number of pyridine rings is 1. The quantitative estimate of drug-likeness (QED) is 0.468. The number of nitrogens with zero attached hydrogens (tertiary/aromatic N) is 6. The Balaban J connectivity index is 1.77. The minimum absolute atomic E-state index is 0.0388. The Morgan fingerprint density at radius 1 is 1.26 bits per heavy atom. The van der Waals surface area contributed by atoms with Gasteiger partial charge in [-0.3, -0.25) is 14.2 Å². The molecule has 31 heavy (non-hydrogen) atoms. The van der Waals surface area contributed by atoms with Gasteiger partial charge in [0.2, 0.25) is 0 Å². The summed E-state index contributed by atoms with van der Waals surface area (Å²) in [5.41, 5.74) is 2.60. The Kier molecular flexibility index (Phi) is 5.24. The molecule has 11 heteroatoms. The molecule has 0 fully saturated rings. The molecule has 0 atom stereocenters. The Morgan fingerprint density at radius 2 is 2.06 bits per heavy atom. The molecule has 0 spiro atoms. The summed E-state index contributed by atoms with van der Waals surface area (Å²) < 4.78 is 13.6. The van der Waals surface area contributed by atoms with Gasteiger partial charge in [0.15, 0.2) is 5.69 Å². The Hall–Kier alpha value is -4.02. The van der Waals surface area contributed by atoms with E-state index in [0.29, 0.717) is 28.9 Å². The van der Waals surface area contributed by atoms with Crippen molar-refractivity contribution in [2.24, 2.45) is 7.05 Å². The molecule has 0 aliphatic rings. The maximum Gasteiger partial charge on any atom is 0.361 e. The van der Waals surface area contributed by atoms with Gasteiger partial charge < -0.3 is 14.6 Å². The van der Waals surface area contributed by atoms with Gasteiger partial charge in [-0.25, -0.2) is 9.78 Å². The lowest BCUT2D eigenvalue weighted by Crippen LogP contribution is -2.16. The molecule has 160 valence electrons. The number of hydrogen-bond acceptors (Lipinski definition) is 8. The van der Waals surface area contributed by atoms with Crippen molar-refractivity contribution in [1.82, 2.24) is 29.7 Å². The summed E-state index contributed by atoms with van der Waals surface area (Å²) in [6.07, 6.45) is 5.01. The van der Waals surface area contributed by atoms with E-state index in [-0.39, 0.29) is 23.7 Å². The first-order valence-electron chi connectivity index (χ1n) is 9.73. The van der Waals surface area contributed by atoms with Gasteiger partial charge in [0.1, 0.15) is 0 Å². The van der Waals surface area contributed by atoms with Gasteiger partial charge >= 0.3 is 5.97 Å². The molecular formula is C20H21N7O4. The van der Waals surface area contributed by atoms with Crippen LogP contribution in [-0.2, 0) is 18.3 Å². The number of anilines is 1. The number of esters is 1. The second-order valence-electron chi connectivity index (χ2n) is 6.83. The molecule has 0 aliphatic heterocycles. The zero-order chi connectivity index (χ0) is 22.1. The minimum Gasteiger partial charge on any atom is -0.461 e. The number of ether oxygens (including phenoxy) is 1. The van der Waals surface area contributed by atoms with Gasteiger partial charge in [0.25, 0.3) is 11.6 Å². The summed E-state index contributed by atoms with van der Waals surface area (Å²) in [5, 5.41) is 15.6. The van der Waals surface area contributed by atoms with Crippen LogP contribution in [0.3, 0.4) is 0 Å². The first-order valence-corrected chi connectivity index (χ1v) is 9.73. The monoisotopic (exact) mass is 423 g/mol. The largest absolute Gasteiger partial charge is 0.461 e. The van der Waals surface area contributed by atoms with E-state index in [9.17, 15) is 9.59 Å². The van der Waals surface area contributed by atoms with Crippen LogP contribution in [-0.4, -0.2) is 48.2 Å². The first-order chi connectivity index (χ1) is 14.9. The SMILES string of the molecule is CCOC(=O)c1nn(CC)cc1NC(=O)c1cc(-c2cnn(C)c2)nc2onc(C)c12. The maximum absolute atomic E-state index is 13.3. The van der Waals surface area contributed by atoms with Crippen molar-refractivity contribution in [2.75, 3.05) is 11.9 Å². The molecule has 4 aromatic heterocycles. The number of carbonyl (C=O) groups excluding carboxylic acids is 2. The summed E-state index contributed by atoms with van der Waals surface area (Å²) in [6.45, 7) is 6.03. The lowest BCUT2D eigenvalue weighted by Gasteiger charge is -2.07. The molecular weight excluding hydrogens is 402 g/mol. The van der Waals surface area contributed by atoms with Crippen LogP contribution in [0.4, 0.5) is 5.69 Å². The molecule has 0 saturated heterocycles. The van der Waals surface area contributed by atoms with Crippen LogP contribution in [0, 0.1) is 6.92 Å².